The fraction of sp³-hybridized carbons (Fsp3) is 0. The van der Waals surface area contributed by atoms with Crippen LogP contribution >= 0.6 is 0 Å². The third-order valence-corrected chi connectivity index (χ3v) is 9.82. The van der Waals surface area contributed by atoms with Crippen molar-refractivity contribution in [3.63, 3.8) is 0 Å². The van der Waals surface area contributed by atoms with Crippen LogP contribution in [0, 0.1) is 22.7 Å². The monoisotopic (exact) mass is 647 g/mol. The zero-order chi connectivity index (χ0) is 34.3. The molecule has 51 heavy (non-hydrogen) atoms. The van der Waals surface area contributed by atoms with Gasteiger partial charge in [0.25, 0.3) is 0 Å². The highest BCUT2D eigenvalue weighted by Crippen LogP contribution is 2.49. The molecule has 3 heteroatoms. The van der Waals surface area contributed by atoms with E-state index in [0.717, 1.165) is 44.9 Å². The average Bonchev–Trinajstić information content (AvgIpc) is 3.53. The van der Waals surface area contributed by atoms with Gasteiger partial charge in [0.15, 0.2) is 0 Å². The van der Waals surface area contributed by atoms with Gasteiger partial charge in [0, 0.05) is 17.1 Å². The van der Waals surface area contributed by atoms with Crippen LogP contribution in [0.25, 0.3) is 66.4 Å². The predicted octanol–water partition coefficient (Wildman–Crippen LogP) is 12.7. The highest BCUT2D eigenvalue weighted by Gasteiger charge is 2.22. The van der Waals surface area contributed by atoms with Gasteiger partial charge in [-0.2, -0.15) is 10.5 Å². The molecule has 0 radical (unpaired) electrons. The number of anilines is 3. The molecule has 8 aromatic rings. The number of fused-ring (bicyclic) bond motifs is 3. The number of para-hydroxylation sites is 1. The minimum Gasteiger partial charge on any atom is -0.310 e. The van der Waals surface area contributed by atoms with Crippen LogP contribution in [0.2, 0.25) is 0 Å². The lowest BCUT2D eigenvalue weighted by Gasteiger charge is -2.27. The first-order valence-corrected chi connectivity index (χ1v) is 17.0. The zero-order valence-corrected chi connectivity index (χ0v) is 27.6. The van der Waals surface area contributed by atoms with Crippen molar-refractivity contribution < 1.29 is 0 Å². The summed E-state index contributed by atoms with van der Waals surface area (Å²) in [5.41, 5.74) is 15.6. The summed E-state index contributed by atoms with van der Waals surface area (Å²) in [4.78, 5) is 2.27. The van der Waals surface area contributed by atoms with Crippen molar-refractivity contribution in [2.24, 2.45) is 0 Å². The van der Waals surface area contributed by atoms with E-state index in [1.165, 1.54) is 38.6 Å². The van der Waals surface area contributed by atoms with Crippen molar-refractivity contribution in [3.05, 3.63) is 187 Å². The quantitative estimate of drug-likeness (QED) is 0.180. The first-order chi connectivity index (χ1) is 25.2. The summed E-state index contributed by atoms with van der Waals surface area (Å²) in [6.07, 6.45) is 0. The molecule has 0 aromatic heterocycles. The molecule has 0 amide bonds. The maximum Gasteiger partial charge on any atom is 0.0991 e. The van der Waals surface area contributed by atoms with E-state index in [9.17, 15) is 10.5 Å². The molecular formula is C48H29N3. The molecule has 3 nitrogen and oxygen atoms in total. The van der Waals surface area contributed by atoms with Crippen LogP contribution < -0.4 is 4.90 Å². The smallest absolute Gasteiger partial charge is 0.0991 e. The van der Waals surface area contributed by atoms with Gasteiger partial charge in [0.1, 0.15) is 0 Å². The number of benzene rings is 8. The van der Waals surface area contributed by atoms with Crippen LogP contribution in [0.1, 0.15) is 11.1 Å². The lowest BCUT2D eigenvalue weighted by Crippen LogP contribution is -2.10. The lowest BCUT2D eigenvalue weighted by molar-refractivity contribution is 1.28. The fourth-order valence-electron chi connectivity index (χ4n) is 7.48. The normalized spacial score (nSPS) is 11.1. The number of nitriles is 2. The average molecular weight is 648 g/mol. The topological polar surface area (TPSA) is 50.8 Å². The van der Waals surface area contributed by atoms with Crippen molar-refractivity contribution in [2.75, 3.05) is 4.90 Å². The molecule has 1 aliphatic carbocycles. The Morgan fingerprint density at radius 1 is 0.333 bits per heavy atom. The van der Waals surface area contributed by atoms with E-state index in [2.05, 4.69) is 138 Å². The number of rotatable bonds is 6. The summed E-state index contributed by atoms with van der Waals surface area (Å²) in [6, 6.07) is 65.5. The molecular weight excluding hydrogens is 619 g/mol. The van der Waals surface area contributed by atoms with E-state index in [-0.39, 0.29) is 0 Å². The summed E-state index contributed by atoms with van der Waals surface area (Å²) < 4.78 is 0. The van der Waals surface area contributed by atoms with Crippen LogP contribution in [0.15, 0.2) is 176 Å². The molecule has 0 bridgehead atoms. The number of hydrogen-bond acceptors (Lipinski definition) is 3. The summed E-state index contributed by atoms with van der Waals surface area (Å²) in [5, 5.41) is 21.9. The summed E-state index contributed by atoms with van der Waals surface area (Å²) >= 11 is 0. The van der Waals surface area contributed by atoms with Gasteiger partial charge in [-0.05, 0) is 133 Å². The number of hydrogen-bond donors (Lipinski definition) is 0. The Morgan fingerprint density at radius 2 is 0.863 bits per heavy atom. The van der Waals surface area contributed by atoms with Gasteiger partial charge in [0.05, 0.1) is 23.3 Å². The second-order valence-electron chi connectivity index (χ2n) is 12.8. The Kier molecular flexibility index (Phi) is 7.24. The Morgan fingerprint density at radius 3 is 1.49 bits per heavy atom. The van der Waals surface area contributed by atoms with Gasteiger partial charge in [0.2, 0.25) is 0 Å². The minimum absolute atomic E-state index is 0.605. The second-order valence-corrected chi connectivity index (χ2v) is 12.8. The fourth-order valence-corrected chi connectivity index (χ4v) is 7.48. The second kappa shape index (κ2) is 12.4. The maximum atomic E-state index is 9.68. The van der Waals surface area contributed by atoms with E-state index in [1.807, 2.05) is 54.6 Å². The third kappa shape index (κ3) is 5.22. The molecule has 0 N–H and O–H groups in total. The van der Waals surface area contributed by atoms with Gasteiger partial charge in [-0.1, -0.05) is 109 Å². The first-order valence-electron chi connectivity index (χ1n) is 17.0. The molecule has 8 aromatic carbocycles. The van der Waals surface area contributed by atoms with Crippen molar-refractivity contribution in [2.45, 2.75) is 0 Å². The van der Waals surface area contributed by atoms with Crippen LogP contribution in [0.4, 0.5) is 17.1 Å². The van der Waals surface area contributed by atoms with Crippen molar-refractivity contribution in [1.29, 1.82) is 10.5 Å². The predicted molar refractivity (Wildman–Crippen MR) is 209 cm³/mol. The summed E-state index contributed by atoms with van der Waals surface area (Å²) in [7, 11) is 0. The largest absolute Gasteiger partial charge is 0.310 e. The standard InChI is InChI=1S/C48H29N3/c49-30-32-9-6-11-35(25-32)37-27-38(36-12-7-10-33(26-36)31-50)29-41(28-37)51(39-13-2-1-3-14-39)40-21-19-34(20-22-40)42-23-24-47-44-16-5-4-15-43(44)46-18-8-17-45(42)48(46)47/h1-29H. The SMILES string of the molecule is N#Cc1cccc(-c2cc(-c3cccc(C#N)c3)cc(N(c3ccccc3)c3ccc(-c4ccc5c6c(cccc46)-c4ccccc4-5)cc3)c2)c1. The Bertz CT molecular complexity index is 2610. The summed E-state index contributed by atoms with van der Waals surface area (Å²) in [6.45, 7) is 0. The molecule has 9 rings (SSSR count). The van der Waals surface area contributed by atoms with E-state index in [4.69, 9.17) is 0 Å². The van der Waals surface area contributed by atoms with Gasteiger partial charge >= 0.3 is 0 Å². The molecule has 0 saturated heterocycles. The molecule has 0 saturated carbocycles. The van der Waals surface area contributed by atoms with Crippen LogP contribution in [-0.4, -0.2) is 0 Å². The van der Waals surface area contributed by atoms with E-state index < -0.39 is 0 Å². The molecule has 1 aliphatic rings. The van der Waals surface area contributed by atoms with Crippen molar-refractivity contribution in [3.8, 4) is 67.8 Å². The Hall–Kier alpha value is -7.20. The van der Waals surface area contributed by atoms with Crippen molar-refractivity contribution in [1.82, 2.24) is 0 Å². The molecule has 0 atom stereocenters. The van der Waals surface area contributed by atoms with Crippen LogP contribution in [0.5, 0.6) is 0 Å². The van der Waals surface area contributed by atoms with Gasteiger partial charge < -0.3 is 4.90 Å². The summed E-state index contributed by atoms with van der Waals surface area (Å²) in [5.74, 6) is 0. The Labute approximate surface area is 297 Å². The lowest BCUT2D eigenvalue weighted by atomic mass is 9.94. The molecule has 0 unspecified atom stereocenters. The third-order valence-electron chi connectivity index (χ3n) is 9.82. The molecule has 0 aliphatic heterocycles. The first kappa shape index (κ1) is 29.9. The highest BCUT2D eigenvalue weighted by atomic mass is 15.1. The van der Waals surface area contributed by atoms with Gasteiger partial charge in [-0.25, -0.2) is 0 Å². The Balaban J connectivity index is 1.19. The van der Waals surface area contributed by atoms with Gasteiger partial charge in [-0.15, -0.1) is 0 Å². The highest BCUT2D eigenvalue weighted by molar-refractivity contribution is 6.18. The molecule has 0 spiro atoms. The minimum atomic E-state index is 0.605. The number of nitrogens with zero attached hydrogens (tertiary/aromatic N) is 3. The van der Waals surface area contributed by atoms with E-state index in [0.29, 0.717) is 11.1 Å². The molecule has 236 valence electrons. The molecule has 0 fully saturated rings. The van der Waals surface area contributed by atoms with E-state index >= 15 is 0 Å². The van der Waals surface area contributed by atoms with Crippen LogP contribution in [-0.2, 0) is 0 Å². The van der Waals surface area contributed by atoms with E-state index in [1.54, 1.807) is 0 Å². The van der Waals surface area contributed by atoms with Crippen LogP contribution in [0.3, 0.4) is 0 Å². The molecule has 0 heterocycles. The van der Waals surface area contributed by atoms with Gasteiger partial charge in [-0.3, -0.25) is 0 Å². The van der Waals surface area contributed by atoms with Crippen molar-refractivity contribution >= 4 is 27.8 Å². The zero-order valence-electron chi connectivity index (χ0n) is 27.6. The maximum absolute atomic E-state index is 9.68.